The number of carbonyl (C=O) groups excluding carboxylic acids is 2. The Morgan fingerprint density at radius 2 is 1.84 bits per heavy atom. The number of nitro groups is 1. The SMILES string of the molecule is CCOC(=O)c1c(COC(=O)c2cccc([N+](=O)[O-])c2)nc2ccc(OCC)cc2[n+]1[O-]. The second kappa shape index (κ2) is 9.69. The molecule has 0 saturated carbocycles. The molecule has 3 rings (SSSR count). The van der Waals surface area contributed by atoms with Crippen LogP contribution >= 0.6 is 0 Å². The first-order chi connectivity index (χ1) is 15.3. The van der Waals surface area contributed by atoms with Gasteiger partial charge in [0, 0.05) is 12.1 Å². The molecule has 0 aliphatic heterocycles. The van der Waals surface area contributed by atoms with Gasteiger partial charge in [-0.2, -0.15) is 4.73 Å². The van der Waals surface area contributed by atoms with E-state index in [1.54, 1.807) is 19.9 Å². The second-order valence-electron chi connectivity index (χ2n) is 6.39. The molecule has 0 saturated heterocycles. The number of carbonyl (C=O) groups is 2. The molecule has 0 unspecified atom stereocenters. The zero-order chi connectivity index (χ0) is 23.3. The van der Waals surface area contributed by atoms with E-state index < -0.39 is 29.2 Å². The van der Waals surface area contributed by atoms with Crippen molar-refractivity contribution in [2.24, 2.45) is 0 Å². The lowest BCUT2D eigenvalue weighted by Gasteiger charge is -2.12. The molecule has 32 heavy (non-hydrogen) atoms. The minimum Gasteiger partial charge on any atom is -0.618 e. The number of fused-ring (bicyclic) bond motifs is 1. The third-order valence-electron chi connectivity index (χ3n) is 4.31. The lowest BCUT2D eigenvalue weighted by Crippen LogP contribution is -2.39. The zero-order valence-electron chi connectivity index (χ0n) is 17.3. The summed E-state index contributed by atoms with van der Waals surface area (Å²) < 4.78 is 15.9. The van der Waals surface area contributed by atoms with Crippen LogP contribution in [-0.4, -0.2) is 35.1 Å². The largest absolute Gasteiger partial charge is 0.618 e. The second-order valence-corrected chi connectivity index (χ2v) is 6.39. The lowest BCUT2D eigenvalue weighted by atomic mass is 10.2. The van der Waals surface area contributed by atoms with Crippen LogP contribution in [0.1, 0.15) is 40.4 Å². The van der Waals surface area contributed by atoms with E-state index in [0.29, 0.717) is 17.1 Å². The van der Waals surface area contributed by atoms with Gasteiger partial charge in [-0.15, -0.1) is 0 Å². The minimum absolute atomic E-state index is 0.0166. The Bertz CT molecular complexity index is 1200. The number of benzene rings is 2. The van der Waals surface area contributed by atoms with E-state index >= 15 is 0 Å². The van der Waals surface area contributed by atoms with Gasteiger partial charge >= 0.3 is 17.6 Å². The first-order valence-electron chi connectivity index (χ1n) is 9.63. The van der Waals surface area contributed by atoms with Crippen LogP contribution in [0.5, 0.6) is 5.75 Å². The number of aromatic nitrogens is 2. The molecule has 2 aromatic carbocycles. The number of rotatable bonds is 8. The molecule has 0 atom stereocenters. The van der Waals surface area contributed by atoms with Crippen molar-refractivity contribution < 1.29 is 33.5 Å². The summed E-state index contributed by atoms with van der Waals surface area (Å²) in [7, 11) is 0. The van der Waals surface area contributed by atoms with E-state index in [4.69, 9.17) is 14.2 Å². The highest BCUT2D eigenvalue weighted by molar-refractivity contribution is 5.91. The van der Waals surface area contributed by atoms with E-state index in [1.165, 1.54) is 30.3 Å². The maximum atomic E-state index is 13.0. The van der Waals surface area contributed by atoms with E-state index in [9.17, 15) is 24.9 Å². The molecule has 0 bridgehead atoms. The highest BCUT2D eigenvalue weighted by atomic mass is 16.6. The predicted molar refractivity (Wildman–Crippen MR) is 110 cm³/mol. The van der Waals surface area contributed by atoms with Gasteiger partial charge in [0.25, 0.3) is 5.69 Å². The van der Waals surface area contributed by atoms with E-state index in [1.807, 2.05) is 0 Å². The molecule has 11 heteroatoms. The minimum atomic E-state index is -0.930. The molecule has 0 aliphatic carbocycles. The van der Waals surface area contributed by atoms with Crippen LogP contribution in [0.4, 0.5) is 5.69 Å². The van der Waals surface area contributed by atoms with Crippen molar-refractivity contribution in [1.29, 1.82) is 0 Å². The number of esters is 2. The molecule has 1 heterocycles. The summed E-state index contributed by atoms with van der Waals surface area (Å²) in [5.41, 5.74) is -0.564. The van der Waals surface area contributed by atoms with Gasteiger partial charge in [-0.1, -0.05) is 6.07 Å². The van der Waals surface area contributed by atoms with E-state index in [-0.39, 0.29) is 34.6 Å². The van der Waals surface area contributed by atoms with Gasteiger partial charge in [0.2, 0.25) is 5.52 Å². The number of ether oxygens (including phenoxy) is 3. The Hall–Kier alpha value is -4.28. The fourth-order valence-corrected chi connectivity index (χ4v) is 2.92. The first kappa shape index (κ1) is 22.4. The normalized spacial score (nSPS) is 10.6. The molecule has 166 valence electrons. The monoisotopic (exact) mass is 441 g/mol. The van der Waals surface area contributed by atoms with Crippen LogP contribution < -0.4 is 9.47 Å². The molecular weight excluding hydrogens is 422 g/mol. The molecule has 0 radical (unpaired) electrons. The summed E-state index contributed by atoms with van der Waals surface area (Å²) in [6.45, 7) is 3.24. The van der Waals surface area contributed by atoms with Crippen molar-refractivity contribution in [3.8, 4) is 5.75 Å². The third kappa shape index (κ3) is 4.72. The Kier molecular flexibility index (Phi) is 6.78. The van der Waals surface area contributed by atoms with Crippen molar-refractivity contribution in [3.05, 3.63) is 74.7 Å². The van der Waals surface area contributed by atoms with Crippen molar-refractivity contribution in [1.82, 2.24) is 4.98 Å². The summed E-state index contributed by atoms with van der Waals surface area (Å²) in [5, 5.41) is 23.9. The highest BCUT2D eigenvalue weighted by Gasteiger charge is 2.29. The standard InChI is InChI=1S/C21H19N3O8/c1-3-30-15-8-9-16-18(11-15)23(27)19(21(26)31-4-2)17(22-16)12-32-20(25)13-6-5-7-14(10-13)24(28)29/h5-11H,3-4,12H2,1-2H3. The number of hydrogen-bond donors (Lipinski definition) is 0. The Morgan fingerprint density at radius 3 is 2.53 bits per heavy atom. The maximum absolute atomic E-state index is 13.0. The number of nitrogens with zero attached hydrogens (tertiary/aromatic N) is 3. The van der Waals surface area contributed by atoms with Gasteiger partial charge in [0.05, 0.1) is 29.8 Å². The molecule has 0 spiro atoms. The Labute approximate surface area is 181 Å². The summed E-state index contributed by atoms with van der Waals surface area (Å²) in [5.74, 6) is -1.39. The average Bonchev–Trinajstić information content (AvgIpc) is 2.78. The molecule has 11 nitrogen and oxygen atoms in total. The van der Waals surface area contributed by atoms with Crippen LogP contribution in [0.3, 0.4) is 0 Å². The van der Waals surface area contributed by atoms with Gasteiger partial charge in [-0.3, -0.25) is 10.1 Å². The van der Waals surface area contributed by atoms with Crippen LogP contribution in [-0.2, 0) is 16.1 Å². The van der Waals surface area contributed by atoms with Gasteiger partial charge in [-0.25, -0.2) is 14.6 Å². The van der Waals surface area contributed by atoms with Crippen molar-refractivity contribution >= 4 is 28.7 Å². The van der Waals surface area contributed by atoms with Gasteiger partial charge in [-0.05, 0) is 32.0 Å². The van der Waals surface area contributed by atoms with Crippen molar-refractivity contribution in [2.45, 2.75) is 20.5 Å². The quantitative estimate of drug-likeness (QED) is 0.169. The van der Waals surface area contributed by atoms with Crippen LogP contribution in [0.25, 0.3) is 11.0 Å². The molecule has 0 fully saturated rings. The van der Waals surface area contributed by atoms with Crippen LogP contribution in [0.15, 0.2) is 42.5 Å². The van der Waals surface area contributed by atoms with Crippen LogP contribution in [0.2, 0.25) is 0 Å². The smallest absolute Gasteiger partial charge is 0.407 e. The Balaban J connectivity index is 1.97. The predicted octanol–water partition coefficient (Wildman–Crippen LogP) is 2.71. The molecular formula is C21H19N3O8. The molecule has 3 aromatic rings. The number of nitro benzene ring substituents is 1. The average molecular weight is 441 g/mol. The summed E-state index contributed by atoms with van der Waals surface area (Å²) >= 11 is 0. The summed E-state index contributed by atoms with van der Waals surface area (Å²) in [6.07, 6.45) is 0. The van der Waals surface area contributed by atoms with Crippen LogP contribution in [0, 0.1) is 15.3 Å². The summed E-state index contributed by atoms with van der Waals surface area (Å²) in [6, 6.07) is 9.58. The number of non-ortho nitro benzene ring substituents is 1. The molecule has 0 N–H and O–H groups in total. The fraction of sp³-hybridized carbons (Fsp3) is 0.238. The molecule has 1 aromatic heterocycles. The molecule has 0 amide bonds. The summed E-state index contributed by atoms with van der Waals surface area (Å²) in [4.78, 5) is 39.4. The first-order valence-corrected chi connectivity index (χ1v) is 9.63. The lowest BCUT2D eigenvalue weighted by molar-refractivity contribution is -0.581. The van der Waals surface area contributed by atoms with E-state index in [2.05, 4.69) is 4.98 Å². The third-order valence-corrected chi connectivity index (χ3v) is 4.31. The Morgan fingerprint density at radius 1 is 1.06 bits per heavy atom. The topological polar surface area (TPSA) is 145 Å². The van der Waals surface area contributed by atoms with Gasteiger partial charge in [0.15, 0.2) is 5.69 Å². The number of hydrogen-bond acceptors (Lipinski definition) is 9. The van der Waals surface area contributed by atoms with Gasteiger partial charge in [0.1, 0.15) is 17.9 Å². The zero-order valence-corrected chi connectivity index (χ0v) is 17.3. The van der Waals surface area contributed by atoms with Crippen molar-refractivity contribution in [3.63, 3.8) is 0 Å². The maximum Gasteiger partial charge on any atom is 0.407 e. The molecule has 0 aliphatic rings. The van der Waals surface area contributed by atoms with Crippen molar-refractivity contribution in [2.75, 3.05) is 13.2 Å². The van der Waals surface area contributed by atoms with Gasteiger partial charge < -0.3 is 19.4 Å². The highest BCUT2D eigenvalue weighted by Crippen LogP contribution is 2.20. The fourth-order valence-electron chi connectivity index (χ4n) is 2.92. The van der Waals surface area contributed by atoms with E-state index in [0.717, 1.165) is 6.07 Å².